The Hall–Kier alpha value is -0.670. The Morgan fingerprint density at radius 1 is 1.54 bits per heavy atom. The number of benzene rings is 1. The first-order valence-corrected chi connectivity index (χ1v) is 5.19. The fourth-order valence-corrected chi connectivity index (χ4v) is 1.94. The van der Waals surface area contributed by atoms with Gasteiger partial charge in [0.1, 0.15) is 0 Å². The third-order valence-corrected chi connectivity index (χ3v) is 2.84. The van der Waals surface area contributed by atoms with E-state index in [4.69, 9.17) is 0 Å². The van der Waals surface area contributed by atoms with E-state index in [2.05, 4.69) is 27.6 Å². The van der Waals surface area contributed by atoms with Crippen LogP contribution in [0.1, 0.15) is 24.9 Å². The first-order valence-electron chi connectivity index (χ1n) is 4.11. The van der Waals surface area contributed by atoms with Crippen LogP contribution in [0.15, 0.2) is 29.3 Å². The maximum atomic E-state index is 10.2. The van der Waals surface area contributed by atoms with Crippen molar-refractivity contribution < 1.29 is 4.79 Å². The van der Waals surface area contributed by atoms with Crippen molar-refractivity contribution >= 4 is 28.7 Å². The van der Waals surface area contributed by atoms with Crippen molar-refractivity contribution in [3.05, 3.63) is 33.4 Å². The Morgan fingerprint density at radius 2 is 2.23 bits per heavy atom. The molecule has 0 aliphatic rings. The summed E-state index contributed by atoms with van der Waals surface area (Å²) in [6, 6.07) is 7.91. The van der Waals surface area contributed by atoms with E-state index in [1.165, 1.54) is 0 Å². The molecule has 13 heavy (non-hydrogen) atoms. The SMILES string of the molecule is CCC(N=C=O)c1ccccc1I. The molecule has 0 heterocycles. The number of isocyanates is 1. The van der Waals surface area contributed by atoms with Gasteiger partial charge in [-0.05, 0) is 40.6 Å². The molecule has 3 heteroatoms. The summed E-state index contributed by atoms with van der Waals surface area (Å²) in [7, 11) is 0. The number of aliphatic imine (C=N–C) groups is 1. The number of halogens is 1. The number of carbonyl (C=O) groups excluding carboxylic acids is 1. The maximum absolute atomic E-state index is 10.2. The molecular weight excluding hydrogens is 277 g/mol. The molecule has 1 aromatic carbocycles. The molecule has 0 aromatic heterocycles. The van der Waals surface area contributed by atoms with Gasteiger partial charge in [0.05, 0.1) is 6.04 Å². The van der Waals surface area contributed by atoms with E-state index < -0.39 is 0 Å². The second-order valence-electron chi connectivity index (χ2n) is 2.67. The summed E-state index contributed by atoms with van der Waals surface area (Å²) in [5, 5.41) is 0. The molecule has 68 valence electrons. The van der Waals surface area contributed by atoms with Crippen molar-refractivity contribution in [1.29, 1.82) is 0 Å². The van der Waals surface area contributed by atoms with Crippen molar-refractivity contribution in [2.24, 2.45) is 4.99 Å². The summed E-state index contributed by atoms with van der Waals surface area (Å²) >= 11 is 2.25. The van der Waals surface area contributed by atoms with Gasteiger partial charge in [-0.2, -0.15) is 4.99 Å². The Morgan fingerprint density at radius 3 is 2.77 bits per heavy atom. The highest BCUT2D eigenvalue weighted by molar-refractivity contribution is 14.1. The van der Waals surface area contributed by atoms with Crippen molar-refractivity contribution in [1.82, 2.24) is 0 Å². The summed E-state index contributed by atoms with van der Waals surface area (Å²) in [6.07, 6.45) is 2.44. The summed E-state index contributed by atoms with van der Waals surface area (Å²) in [5.74, 6) is 0. The number of nitrogens with zero attached hydrogens (tertiary/aromatic N) is 1. The van der Waals surface area contributed by atoms with E-state index in [1.807, 2.05) is 31.2 Å². The zero-order valence-electron chi connectivity index (χ0n) is 7.33. The van der Waals surface area contributed by atoms with E-state index in [9.17, 15) is 4.79 Å². The summed E-state index contributed by atoms with van der Waals surface area (Å²) < 4.78 is 1.14. The molecule has 0 spiro atoms. The third kappa shape index (κ3) is 2.64. The zero-order chi connectivity index (χ0) is 9.68. The van der Waals surface area contributed by atoms with Gasteiger partial charge in [0.25, 0.3) is 0 Å². The van der Waals surface area contributed by atoms with Gasteiger partial charge in [-0.25, -0.2) is 4.79 Å². The van der Waals surface area contributed by atoms with Crippen LogP contribution in [-0.4, -0.2) is 6.08 Å². The van der Waals surface area contributed by atoms with Gasteiger partial charge in [-0.1, -0.05) is 25.1 Å². The van der Waals surface area contributed by atoms with Gasteiger partial charge >= 0.3 is 0 Å². The fourth-order valence-electron chi connectivity index (χ4n) is 1.19. The molecule has 1 unspecified atom stereocenters. The topological polar surface area (TPSA) is 29.4 Å². The fraction of sp³-hybridized carbons (Fsp3) is 0.300. The van der Waals surface area contributed by atoms with Crippen LogP contribution >= 0.6 is 22.6 Å². The van der Waals surface area contributed by atoms with Crippen LogP contribution < -0.4 is 0 Å². The van der Waals surface area contributed by atoms with Gasteiger partial charge in [0.15, 0.2) is 0 Å². The highest BCUT2D eigenvalue weighted by Crippen LogP contribution is 2.24. The second-order valence-corrected chi connectivity index (χ2v) is 3.83. The minimum atomic E-state index is -0.0365. The molecule has 1 rings (SSSR count). The van der Waals surface area contributed by atoms with Crippen LogP contribution in [0.25, 0.3) is 0 Å². The standard InChI is InChI=1S/C10H10INO/c1-2-10(12-7-13)8-5-3-4-6-9(8)11/h3-6,10H,2H2,1H3. The molecule has 0 N–H and O–H groups in total. The number of rotatable bonds is 3. The first-order chi connectivity index (χ1) is 6.29. The van der Waals surface area contributed by atoms with E-state index in [1.54, 1.807) is 6.08 Å². The lowest BCUT2D eigenvalue weighted by Gasteiger charge is -2.09. The van der Waals surface area contributed by atoms with Gasteiger partial charge in [0.2, 0.25) is 6.08 Å². The zero-order valence-corrected chi connectivity index (χ0v) is 9.48. The Kier molecular flexibility index (Phi) is 4.12. The molecule has 0 bridgehead atoms. The lowest BCUT2D eigenvalue weighted by molar-refractivity contribution is 0.555. The summed E-state index contributed by atoms with van der Waals surface area (Å²) in [5.41, 5.74) is 1.11. The Labute approximate surface area is 91.2 Å². The van der Waals surface area contributed by atoms with Crippen LogP contribution in [-0.2, 0) is 4.79 Å². The maximum Gasteiger partial charge on any atom is 0.235 e. The lowest BCUT2D eigenvalue weighted by atomic mass is 10.1. The van der Waals surface area contributed by atoms with Crippen molar-refractivity contribution in [2.75, 3.05) is 0 Å². The molecule has 2 nitrogen and oxygen atoms in total. The Bertz CT molecular complexity index is 331. The predicted octanol–water partition coefficient (Wildman–Crippen LogP) is 3.08. The minimum absolute atomic E-state index is 0.0365. The van der Waals surface area contributed by atoms with Crippen LogP contribution in [0, 0.1) is 3.57 Å². The molecule has 0 saturated heterocycles. The van der Waals surface area contributed by atoms with E-state index in [0.717, 1.165) is 15.6 Å². The monoisotopic (exact) mass is 287 g/mol. The number of hydrogen-bond donors (Lipinski definition) is 0. The minimum Gasteiger partial charge on any atom is -0.211 e. The highest BCUT2D eigenvalue weighted by atomic mass is 127. The molecular formula is C10H10INO. The molecule has 1 atom stereocenters. The molecule has 0 aliphatic carbocycles. The molecule has 1 aromatic rings. The van der Waals surface area contributed by atoms with Crippen LogP contribution in [0.4, 0.5) is 0 Å². The summed E-state index contributed by atoms with van der Waals surface area (Å²) in [4.78, 5) is 13.9. The van der Waals surface area contributed by atoms with E-state index >= 15 is 0 Å². The summed E-state index contributed by atoms with van der Waals surface area (Å²) in [6.45, 7) is 2.01. The Balaban J connectivity index is 3.04. The average molecular weight is 287 g/mol. The molecule has 0 saturated carbocycles. The highest BCUT2D eigenvalue weighted by Gasteiger charge is 2.09. The van der Waals surface area contributed by atoms with Crippen LogP contribution in [0.2, 0.25) is 0 Å². The van der Waals surface area contributed by atoms with Crippen molar-refractivity contribution in [2.45, 2.75) is 19.4 Å². The van der Waals surface area contributed by atoms with Gasteiger partial charge in [0, 0.05) is 3.57 Å². The van der Waals surface area contributed by atoms with Crippen LogP contribution in [0.3, 0.4) is 0 Å². The van der Waals surface area contributed by atoms with E-state index in [-0.39, 0.29) is 6.04 Å². The van der Waals surface area contributed by atoms with Gasteiger partial charge in [-0.3, -0.25) is 0 Å². The average Bonchev–Trinajstić information content (AvgIpc) is 2.16. The smallest absolute Gasteiger partial charge is 0.211 e. The normalized spacial score (nSPS) is 11.8. The van der Waals surface area contributed by atoms with Gasteiger partial charge < -0.3 is 0 Å². The second kappa shape index (κ2) is 5.14. The van der Waals surface area contributed by atoms with Crippen molar-refractivity contribution in [3.8, 4) is 0 Å². The lowest BCUT2D eigenvalue weighted by Crippen LogP contribution is -1.95. The third-order valence-electron chi connectivity index (χ3n) is 1.86. The van der Waals surface area contributed by atoms with Gasteiger partial charge in [-0.15, -0.1) is 0 Å². The molecule has 0 aliphatic heterocycles. The quantitative estimate of drug-likeness (QED) is 0.477. The number of hydrogen-bond acceptors (Lipinski definition) is 2. The molecule has 0 radical (unpaired) electrons. The van der Waals surface area contributed by atoms with Crippen molar-refractivity contribution in [3.63, 3.8) is 0 Å². The largest absolute Gasteiger partial charge is 0.235 e. The molecule has 0 fully saturated rings. The predicted molar refractivity (Wildman–Crippen MR) is 60.3 cm³/mol. The van der Waals surface area contributed by atoms with Crippen LogP contribution in [0.5, 0.6) is 0 Å². The van der Waals surface area contributed by atoms with E-state index in [0.29, 0.717) is 0 Å². The first kappa shape index (κ1) is 10.4. The molecule has 0 amide bonds.